The molecule has 1 aromatic carbocycles. The first kappa shape index (κ1) is 16.4. The Kier molecular flexibility index (Phi) is 6.15. The third kappa shape index (κ3) is 5.06. The third-order valence-corrected chi connectivity index (χ3v) is 4.34. The molecule has 1 N–H and O–H groups in total. The molecular formula is C16H20ClFN2S. The minimum Gasteiger partial charge on any atom is -0.313 e. The van der Waals surface area contributed by atoms with E-state index in [9.17, 15) is 4.39 Å². The van der Waals surface area contributed by atoms with Crippen LogP contribution in [0.1, 0.15) is 29.6 Å². The van der Waals surface area contributed by atoms with Crippen molar-refractivity contribution in [2.45, 2.75) is 39.2 Å². The van der Waals surface area contributed by atoms with E-state index in [2.05, 4.69) is 22.6 Å². The van der Waals surface area contributed by atoms with Crippen molar-refractivity contribution in [2.75, 3.05) is 6.54 Å². The van der Waals surface area contributed by atoms with Gasteiger partial charge in [0, 0.05) is 22.9 Å². The predicted molar refractivity (Wildman–Crippen MR) is 87.8 cm³/mol. The zero-order valence-electron chi connectivity index (χ0n) is 12.3. The number of hydrogen-bond acceptors (Lipinski definition) is 3. The van der Waals surface area contributed by atoms with Gasteiger partial charge in [0.05, 0.1) is 10.7 Å². The van der Waals surface area contributed by atoms with Gasteiger partial charge in [-0.1, -0.05) is 24.6 Å². The van der Waals surface area contributed by atoms with Gasteiger partial charge in [-0.05, 0) is 44.0 Å². The van der Waals surface area contributed by atoms with Crippen LogP contribution in [0.15, 0.2) is 23.6 Å². The molecule has 0 aliphatic heterocycles. The van der Waals surface area contributed by atoms with Crippen LogP contribution in [0.2, 0.25) is 5.02 Å². The predicted octanol–water partition coefficient (Wildman–Crippen LogP) is 4.40. The molecule has 0 amide bonds. The van der Waals surface area contributed by atoms with Crippen LogP contribution >= 0.6 is 22.9 Å². The Hall–Kier alpha value is -0.970. The number of rotatable bonds is 7. The van der Waals surface area contributed by atoms with Crippen molar-refractivity contribution >= 4 is 22.9 Å². The van der Waals surface area contributed by atoms with Gasteiger partial charge in [-0.2, -0.15) is 0 Å². The summed E-state index contributed by atoms with van der Waals surface area (Å²) in [6.07, 6.45) is 2.50. The molecule has 0 aliphatic carbocycles. The minimum atomic E-state index is -0.236. The second kappa shape index (κ2) is 7.87. The molecular weight excluding hydrogens is 307 g/mol. The summed E-state index contributed by atoms with van der Waals surface area (Å²) in [5.74, 6) is -0.236. The summed E-state index contributed by atoms with van der Waals surface area (Å²) in [5, 5.41) is 7.06. The Bertz CT molecular complexity index is 585. The van der Waals surface area contributed by atoms with E-state index in [4.69, 9.17) is 11.6 Å². The lowest BCUT2D eigenvalue weighted by molar-refractivity contribution is 0.489. The van der Waals surface area contributed by atoms with Crippen LogP contribution < -0.4 is 5.32 Å². The number of hydrogen-bond donors (Lipinski definition) is 1. The number of aryl methyl sites for hydroxylation is 1. The Morgan fingerprint density at radius 1 is 1.38 bits per heavy atom. The molecule has 0 spiro atoms. The van der Waals surface area contributed by atoms with Crippen molar-refractivity contribution in [1.29, 1.82) is 0 Å². The first-order valence-corrected chi connectivity index (χ1v) is 8.42. The Morgan fingerprint density at radius 3 is 2.81 bits per heavy atom. The van der Waals surface area contributed by atoms with E-state index in [0.29, 0.717) is 17.0 Å². The standard InChI is InChI=1S/C16H20ClFN2S/c1-3-6-19-14(9-15-10-21-11(2)20-15)7-12-4-5-13(17)8-16(12)18/h4-5,8,10,14,19H,3,6-7,9H2,1-2H3. The van der Waals surface area contributed by atoms with Crippen LogP contribution in [0.5, 0.6) is 0 Å². The van der Waals surface area contributed by atoms with Crippen molar-refractivity contribution in [2.24, 2.45) is 0 Å². The van der Waals surface area contributed by atoms with Crippen LogP contribution in [0.3, 0.4) is 0 Å². The molecule has 2 rings (SSSR count). The largest absolute Gasteiger partial charge is 0.313 e. The number of halogens is 2. The van der Waals surface area contributed by atoms with Gasteiger partial charge in [0.2, 0.25) is 0 Å². The van der Waals surface area contributed by atoms with Gasteiger partial charge in [0.1, 0.15) is 5.82 Å². The van der Waals surface area contributed by atoms with Crippen molar-refractivity contribution in [1.82, 2.24) is 10.3 Å². The van der Waals surface area contributed by atoms with Crippen LogP contribution in [-0.2, 0) is 12.8 Å². The molecule has 1 heterocycles. The van der Waals surface area contributed by atoms with Gasteiger partial charge < -0.3 is 5.32 Å². The average Bonchev–Trinajstić information content (AvgIpc) is 2.84. The van der Waals surface area contributed by atoms with Crippen LogP contribution in [-0.4, -0.2) is 17.6 Å². The number of aromatic nitrogens is 1. The zero-order chi connectivity index (χ0) is 15.2. The van der Waals surface area contributed by atoms with E-state index in [1.54, 1.807) is 23.5 Å². The van der Waals surface area contributed by atoms with Crippen molar-refractivity contribution in [3.8, 4) is 0 Å². The molecule has 1 unspecified atom stereocenters. The van der Waals surface area contributed by atoms with Gasteiger partial charge in [-0.15, -0.1) is 11.3 Å². The lowest BCUT2D eigenvalue weighted by atomic mass is 10.0. The SMILES string of the molecule is CCCNC(Cc1csc(C)n1)Cc1ccc(Cl)cc1F. The molecule has 114 valence electrons. The van der Waals surface area contributed by atoms with E-state index >= 15 is 0 Å². The third-order valence-electron chi connectivity index (χ3n) is 3.29. The number of benzene rings is 1. The number of nitrogens with one attached hydrogen (secondary N) is 1. The average molecular weight is 327 g/mol. The summed E-state index contributed by atoms with van der Waals surface area (Å²) in [5.41, 5.74) is 1.76. The van der Waals surface area contributed by atoms with Crippen molar-refractivity contribution in [3.63, 3.8) is 0 Å². The first-order chi connectivity index (χ1) is 10.1. The lowest BCUT2D eigenvalue weighted by Crippen LogP contribution is -2.34. The zero-order valence-corrected chi connectivity index (χ0v) is 13.9. The van der Waals surface area contributed by atoms with Crippen molar-refractivity contribution in [3.05, 3.63) is 50.7 Å². The highest BCUT2D eigenvalue weighted by Crippen LogP contribution is 2.18. The highest BCUT2D eigenvalue weighted by molar-refractivity contribution is 7.09. The van der Waals surface area contributed by atoms with Crippen LogP contribution in [0, 0.1) is 12.7 Å². The van der Waals surface area contributed by atoms with E-state index in [-0.39, 0.29) is 11.9 Å². The van der Waals surface area contributed by atoms with Gasteiger partial charge in [0.25, 0.3) is 0 Å². The minimum absolute atomic E-state index is 0.183. The van der Waals surface area contributed by atoms with Gasteiger partial charge in [0.15, 0.2) is 0 Å². The van der Waals surface area contributed by atoms with E-state index in [1.807, 2.05) is 6.92 Å². The lowest BCUT2D eigenvalue weighted by Gasteiger charge is -2.18. The van der Waals surface area contributed by atoms with Gasteiger partial charge in [-0.3, -0.25) is 0 Å². The van der Waals surface area contributed by atoms with Crippen molar-refractivity contribution < 1.29 is 4.39 Å². The van der Waals surface area contributed by atoms with Crippen LogP contribution in [0.25, 0.3) is 0 Å². The molecule has 0 radical (unpaired) electrons. The van der Waals surface area contributed by atoms with E-state index in [1.165, 1.54) is 6.07 Å². The Balaban J connectivity index is 2.08. The fraction of sp³-hybridized carbons (Fsp3) is 0.438. The maximum atomic E-state index is 14.0. The fourth-order valence-corrected chi connectivity index (χ4v) is 3.06. The Labute approximate surface area is 134 Å². The normalized spacial score (nSPS) is 12.6. The maximum absolute atomic E-state index is 14.0. The highest BCUT2D eigenvalue weighted by Gasteiger charge is 2.14. The van der Waals surface area contributed by atoms with Gasteiger partial charge in [-0.25, -0.2) is 9.37 Å². The molecule has 1 aromatic heterocycles. The first-order valence-electron chi connectivity index (χ1n) is 7.16. The summed E-state index contributed by atoms with van der Waals surface area (Å²) >= 11 is 7.46. The Morgan fingerprint density at radius 2 is 2.19 bits per heavy atom. The molecule has 2 aromatic rings. The van der Waals surface area contributed by atoms with E-state index < -0.39 is 0 Å². The molecule has 0 bridgehead atoms. The van der Waals surface area contributed by atoms with Gasteiger partial charge >= 0.3 is 0 Å². The fourth-order valence-electron chi connectivity index (χ4n) is 2.27. The van der Waals surface area contributed by atoms with Crippen LogP contribution in [0.4, 0.5) is 4.39 Å². The summed E-state index contributed by atoms with van der Waals surface area (Å²) in [6.45, 7) is 5.05. The second-order valence-electron chi connectivity index (χ2n) is 5.15. The molecule has 0 saturated carbocycles. The maximum Gasteiger partial charge on any atom is 0.127 e. The summed E-state index contributed by atoms with van der Waals surface area (Å²) in [6, 6.07) is 5.07. The molecule has 1 atom stereocenters. The smallest absolute Gasteiger partial charge is 0.127 e. The molecule has 0 aliphatic rings. The quantitative estimate of drug-likeness (QED) is 0.816. The molecule has 21 heavy (non-hydrogen) atoms. The van der Waals surface area contributed by atoms with E-state index in [0.717, 1.165) is 30.1 Å². The monoisotopic (exact) mass is 326 g/mol. The second-order valence-corrected chi connectivity index (χ2v) is 6.65. The number of thiazole rings is 1. The molecule has 2 nitrogen and oxygen atoms in total. The summed E-state index contributed by atoms with van der Waals surface area (Å²) in [7, 11) is 0. The highest BCUT2D eigenvalue weighted by atomic mass is 35.5. The molecule has 5 heteroatoms. The molecule has 0 saturated heterocycles. The number of nitrogens with zero attached hydrogens (tertiary/aromatic N) is 1. The summed E-state index contributed by atoms with van der Waals surface area (Å²) < 4.78 is 14.0. The summed E-state index contributed by atoms with van der Waals surface area (Å²) in [4.78, 5) is 4.50. The molecule has 0 fully saturated rings. The topological polar surface area (TPSA) is 24.9 Å².